The van der Waals surface area contributed by atoms with Crippen LogP contribution in [0.15, 0.2) is 53.3 Å². The molecule has 2 amide bonds. The number of rotatable bonds is 4. The number of benzene rings is 1. The molecular formula is C22H22N8O3. The number of carbonyl (C=O) groups excluding carboxylic acids is 1. The van der Waals surface area contributed by atoms with Crippen molar-refractivity contribution in [1.29, 1.82) is 0 Å². The van der Waals surface area contributed by atoms with Crippen LogP contribution < -0.4 is 15.4 Å². The molecule has 0 aliphatic carbocycles. The molecule has 11 heteroatoms. The first-order valence-electron chi connectivity index (χ1n) is 10.2. The highest BCUT2D eigenvalue weighted by Gasteiger charge is 2.22. The fourth-order valence-electron chi connectivity index (χ4n) is 3.26. The Morgan fingerprint density at radius 3 is 2.52 bits per heavy atom. The molecule has 11 nitrogen and oxygen atoms in total. The maximum atomic E-state index is 12.7. The summed E-state index contributed by atoms with van der Waals surface area (Å²) in [7, 11) is 1.58. The first-order valence-corrected chi connectivity index (χ1v) is 10.2. The number of amides is 2. The van der Waals surface area contributed by atoms with Crippen molar-refractivity contribution >= 4 is 34.3 Å². The number of hydrogen-bond donors (Lipinski definition) is 2. The quantitative estimate of drug-likeness (QED) is 0.425. The van der Waals surface area contributed by atoms with E-state index < -0.39 is 6.03 Å². The van der Waals surface area contributed by atoms with Gasteiger partial charge in [0.2, 0.25) is 11.8 Å². The predicted molar refractivity (Wildman–Crippen MR) is 122 cm³/mol. The second-order valence-corrected chi connectivity index (χ2v) is 8.37. The summed E-state index contributed by atoms with van der Waals surface area (Å²) in [5.74, 6) is 1.74. The van der Waals surface area contributed by atoms with E-state index in [-0.39, 0.29) is 11.5 Å². The van der Waals surface area contributed by atoms with Crippen molar-refractivity contribution in [2.45, 2.75) is 26.3 Å². The Kier molecular flexibility index (Phi) is 4.73. The molecule has 4 aromatic heterocycles. The zero-order chi connectivity index (χ0) is 23.2. The summed E-state index contributed by atoms with van der Waals surface area (Å²) in [6.45, 7) is 6.11. The summed E-state index contributed by atoms with van der Waals surface area (Å²) < 4.78 is 13.9. The SMILES string of the molecule is COc1ccc(NC(=O)Nc2nc3nn(C(C)(C)C)cc3c3nc(-c4ccco4)nn23)cc1. The molecule has 1 aromatic carbocycles. The largest absolute Gasteiger partial charge is 0.497 e. The van der Waals surface area contributed by atoms with Gasteiger partial charge in [-0.05, 0) is 57.2 Å². The molecule has 168 valence electrons. The number of hydrogen-bond acceptors (Lipinski definition) is 7. The molecule has 0 atom stereocenters. The third kappa shape index (κ3) is 3.84. The fourth-order valence-corrected chi connectivity index (χ4v) is 3.26. The topological polar surface area (TPSA) is 124 Å². The zero-order valence-electron chi connectivity index (χ0n) is 18.5. The summed E-state index contributed by atoms with van der Waals surface area (Å²) in [4.78, 5) is 21.9. The van der Waals surface area contributed by atoms with Crippen molar-refractivity contribution in [3.05, 3.63) is 48.9 Å². The van der Waals surface area contributed by atoms with Crippen LogP contribution in [-0.2, 0) is 5.54 Å². The van der Waals surface area contributed by atoms with Gasteiger partial charge in [0, 0.05) is 11.9 Å². The van der Waals surface area contributed by atoms with E-state index >= 15 is 0 Å². The Bertz CT molecular complexity index is 1440. The molecule has 5 aromatic rings. The van der Waals surface area contributed by atoms with Crippen LogP contribution in [-0.4, -0.2) is 42.5 Å². The smallest absolute Gasteiger partial charge is 0.326 e. The minimum atomic E-state index is -0.487. The maximum absolute atomic E-state index is 12.7. The molecule has 4 heterocycles. The fraction of sp³-hybridized carbons (Fsp3) is 0.227. The second-order valence-electron chi connectivity index (χ2n) is 8.37. The summed E-state index contributed by atoms with van der Waals surface area (Å²) in [6, 6.07) is 10.0. The number of carbonyl (C=O) groups is 1. The first kappa shape index (κ1) is 20.5. The lowest BCUT2D eigenvalue weighted by atomic mass is 10.1. The van der Waals surface area contributed by atoms with E-state index in [9.17, 15) is 4.79 Å². The van der Waals surface area contributed by atoms with Gasteiger partial charge in [-0.2, -0.15) is 14.6 Å². The number of urea groups is 1. The lowest BCUT2D eigenvalue weighted by molar-refractivity contribution is 0.262. The maximum Gasteiger partial charge on any atom is 0.326 e. The lowest BCUT2D eigenvalue weighted by Crippen LogP contribution is -2.22. The van der Waals surface area contributed by atoms with Gasteiger partial charge in [0.15, 0.2) is 17.1 Å². The Morgan fingerprint density at radius 2 is 1.85 bits per heavy atom. The lowest BCUT2D eigenvalue weighted by Gasteiger charge is -2.18. The van der Waals surface area contributed by atoms with Crippen molar-refractivity contribution in [2.75, 3.05) is 17.7 Å². The molecular weight excluding hydrogens is 424 g/mol. The minimum Gasteiger partial charge on any atom is -0.497 e. The number of methoxy groups -OCH3 is 1. The van der Waals surface area contributed by atoms with Crippen LogP contribution in [0.1, 0.15) is 20.8 Å². The van der Waals surface area contributed by atoms with Gasteiger partial charge in [-0.15, -0.1) is 5.10 Å². The number of ether oxygens (including phenoxy) is 1. The van der Waals surface area contributed by atoms with Gasteiger partial charge < -0.3 is 14.5 Å². The number of furan rings is 1. The molecule has 2 N–H and O–H groups in total. The molecule has 5 rings (SSSR count). The van der Waals surface area contributed by atoms with Crippen molar-refractivity contribution in [1.82, 2.24) is 29.4 Å². The van der Waals surface area contributed by atoms with E-state index in [1.54, 1.807) is 49.8 Å². The van der Waals surface area contributed by atoms with Gasteiger partial charge in [0.25, 0.3) is 0 Å². The minimum absolute atomic E-state index is 0.174. The third-order valence-electron chi connectivity index (χ3n) is 4.96. The Hall–Kier alpha value is -4.41. The van der Waals surface area contributed by atoms with Crippen molar-refractivity contribution in [3.63, 3.8) is 0 Å². The molecule has 0 saturated heterocycles. The van der Waals surface area contributed by atoms with E-state index in [4.69, 9.17) is 9.15 Å². The van der Waals surface area contributed by atoms with E-state index in [0.29, 0.717) is 39.7 Å². The second kappa shape index (κ2) is 7.62. The first-order chi connectivity index (χ1) is 15.8. The normalized spacial score (nSPS) is 11.8. The molecule has 33 heavy (non-hydrogen) atoms. The summed E-state index contributed by atoms with van der Waals surface area (Å²) in [5.41, 5.74) is 1.27. The Balaban J connectivity index is 1.56. The summed E-state index contributed by atoms with van der Waals surface area (Å²) in [6.07, 6.45) is 3.42. The van der Waals surface area contributed by atoms with Crippen molar-refractivity contribution in [3.8, 4) is 17.3 Å². The number of nitrogens with one attached hydrogen (secondary N) is 2. The summed E-state index contributed by atoms with van der Waals surface area (Å²) >= 11 is 0. The number of anilines is 2. The van der Waals surface area contributed by atoms with Crippen LogP contribution in [0.5, 0.6) is 5.75 Å². The van der Waals surface area contributed by atoms with Crippen molar-refractivity contribution in [2.24, 2.45) is 0 Å². The Labute approximate surface area is 188 Å². The predicted octanol–water partition coefficient (Wildman–Crippen LogP) is 4.14. The van der Waals surface area contributed by atoms with E-state index in [2.05, 4.69) is 30.8 Å². The third-order valence-corrected chi connectivity index (χ3v) is 4.96. The molecule has 0 radical (unpaired) electrons. The summed E-state index contributed by atoms with van der Waals surface area (Å²) in [5, 5.41) is 15.3. The van der Waals surface area contributed by atoms with Crippen LogP contribution in [0.2, 0.25) is 0 Å². The zero-order valence-corrected chi connectivity index (χ0v) is 18.5. The highest BCUT2D eigenvalue weighted by atomic mass is 16.5. The molecule has 0 bridgehead atoms. The van der Waals surface area contributed by atoms with Crippen molar-refractivity contribution < 1.29 is 13.9 Å². The average molecular weight is 446 g/mol. The van der Waals surface area contributed by atoms with Crippen LogP contribution >= 0.6 is 0 Å². The van der Waals surface area contributed by atoms with Gasteiger partial charge in [0.05, 0.1) is 24.3 Å². The molecule has 0 aliphatic rings. The van der Waals surface area contributed by atoms with Crippen LogP contribution in [0, 0.1) is 0 Å². The van der Waals surface area contributed by atoms with Gasteiger partial charge in [-0.3, -0.25) is 10.00 Å². The molecule has 0 fully saturated rings. The molecule has 0 saturated carbocycles. The van der Waals surface area contributed by atoms with E-state index in [1.807, 2.05) is 31.6 Å². The highest BCUT2D eigenvalue weighted by Crippen LogP contribution is 2.26. The number of nitrogens with zero attached hydrogens (tertiary/aromatic N) is 6. The standard InChI is InChI=1S/C22H22N8O3/c1-22(2,3)29-12-15-17(27-29)25-20(26-21(31)23-13-7-9-14(32-4)10-8-13)30-19(15)24-18(28-30)16-6-5-11-33-16/h5-12H,1-4H3,(H2,23,25,26,27,31). The van der Waals surface area contributed by atoms with E-state index in [0.717, 1.165) is 0 Å². The van der Waals surface area contributed by atoms with Gasteiger partial charge in [-0.1, -0.05) is 0 Å². The molecule has 0 aliphatic heterocycles. The molecule has 0 spiro atoms. The molecule has 0 unspecified atom stereocenters. The highest BCUT2D eigenvalue weighted by molar-refractivity contribution is 6.00. The van der Waals surface area contributed by atoms with Crippen LogP contribution in [0.25, 0.3) is 28.3 Å². The van der Waals surface area contributed by atoms with Crippen LogP contribution in [0.3, 0.4) is 0 Å². The Morgan fingerprint density at radius 1 is 1.06 bits per heavy atom. The monoisotopic (exact) mass is 446 g/mol. The van der Waals surface area contributed by atoms with E-state index in [1.165, 1.54) is 4.52 Å². The van der Waals surface area contributed by atoms with Crippen LogP contribution in [0.4, 0.5) is 16.4 Å². The number of fused-ring (bicyclic) bond motifs is 3. The average Bonchev–Trinajstić information content (AvgIpc) is 3.52. The van der Waals surface area contributed by atoms with Gasteiger partial charge in [0.1, 0.15) is 5.75 Å². The van der Waals surface area contributed by atoms with Gasteiger partial charge >= 0.3 is 6.03 Å². The number of aromatic nitrogens is 6. The van der Waals surface area contributed by atoms with Gasteiger partial charge in [-0.25, -0.2) is 9.78 Å².